The quantitative estimate of drug-likeness (QED) is 0.552. The van der Waals surface area contributed by atoms with Crippen LogP contribution in [0.5, 0.6) is 0 Å². The highest BCUT2D eigenvalue weighted by atomic mass is 16.3. The molecule has 22 heavy (non-hydrogen) atoms. The molecule has 2 nitrogen and oxygen atoms in total. The zero-order chi connectivity index (χ0) is 17.0. The Morgan fingerprint density at radius 3 is 1.82 bits per heavy atom. The molecule has 126 valence electrons. The lowest BCUT2D eigenvalue weighted by atomic mass is 10.0. The number of hydrogen-bond acceptors (Lipinski definition) is 2. The van der Waals surface area contributed by atoms with Crippen LogP contribution >= 0.6 is 0 Å². The third-order valence-electron chi connectivity index (χ3n) is 3.56. The topological polar surface area (TPSA) is 40.5 Å². The molecular formula is C20H34O2. The van der Waals surface area contributed by atoms with Gasteiger partial charge in [-0.15, -0.1) is 0 Å². The highest BCUT2D eigenvalue weighted by molar-refractivity contribution is 5.08. The van der Waals surface area contributed by atoms with Crippen LogP contribution in [0.4, 0.5) is 0 Å². The molecule has 0 bridgehead atoms. The van der Waals surface area contributed by atoms with Gasteiger partial charge in [-0.05, 0) is 66.7 Å². The van der Waals surface area contributed by atoms with E-state index < -0.39 is 0 Å². The summed E-state index contributed by atoms with van der Waals surface area (Å²) >= 11 is 0. The van der Waals surface area contributed by atoms with Crippen LogP contribution in [0.1, 0.15) is 66.7 Å². The Kier molecular flexibility index (Phi) is 11.8. The summed E-state index contributed by atoms with van der Waals surface area (Å²) < 4.78 is 0. The number of allylic oxidation sites excluding steroid dienone is 5. The Morgan fingerprint density at radius 2 is 1.32 bits per heavy atom. The van der Waals surface area contributed by atoms with E-state index in [-0.39, 0.29) is 12.7 Å². The molecule has 0 rings (SSSR count). The molecule has 0 saturated heterocycles. The third-order valence-corrected chi connectivity index (χ3v) is 3.56. The minimum Gasteiger partial charge on any atom is -0.392 e. The van der Waals surface area contributed by atoms with E-state index in [2.05, 4.69) is 32.9 Å². The van der Waals surface area contributed by atoms with E-state index in [9.17, 15) is 5.11 Å². The fourth-order valence-electron chi connectivity index (χ4n) is 2.31. The van der Waals surface area contributed by atoms with E-state index in [0.29, 0.717) is 0 Å². The van der Waals surface area contributed by atoms with Crippen molar-refractivity contribution in [2.75, 3.05) is 6.61 Å². The van der Waals surface area contributed by atoms with Crippen molar-refractivity contribution in [1.82, 2.24) is 0 Å². The molecule has 2 N–H and O–H groups in total. The first-order valence-corrected chi connectivity index (χ1v) is 8.26. The predicted molar refractivity (Wildman–Crippen MR) is 96.9 cm³/mol. The van der Waals surface area contributed by atoms with Gasteiger partial charge in [-0.3, -0.25) is 0 Å². The number of hydrogen-bond donors (Lipinski definition) is 2. The Labute approximate surface area is 137 Å². The molecular weight excluding hydrogens is 272 g/mol. The smallest absolute Gasteiger partial charge is 0.0760 e. The van der Waals surface area contributed by atoms with Crippen LogP contribution in [-0.2, 0) is 0 Å². The zero-order valence-electron chi connectivity index (χ0n) is 15.0. The first kappa shape index (κ1) is 20.9. The van der Waals surface area contributed by atoms with Crippen molar-refractivity contribution >= 4 is 0 Å². The summed E-state index contributed by atoms with van der Waals surface area (Å²) in [7, 11) is 0. The Morgan fingerprint density at radius 1 is 0.818 bits per heavy atom. The zero-order valence-corrected chi connectivity index (χ0v) is 15.0. The van der Waals surface area contributed by atoms with Gasteiger partial charge < -0.3 is 10.2 Å². The second-order valence-corrected chi connectivity index (χ2v) is 6.43. The fraction of sp³-hybridized carbons (Fsp3) is 0.600. The molecule has 0 aliphatic carbocycles. The lowest BCUT2D eigenvalue weighted by molar-refractivity contribution is 0.222. The predicted octanol–water partition coefficient (Wildman–Crippen LogP) is 5.10. The molecule has 2 heteroatoms. The Bertz CT molecular complexity index is 421. The SMILES string of the molecule is CC(C)=CC(O)CC(C)=CCCC(C)=CCCC(C)=CCO. The van der Waals surface area contributed by atoms with Crippen molar-refractivity contribution in [2.24, 2.45) is 0 Å². The summed E-state index contributed by atoms with van der Waals surface area (Å²) in [6.07, 6.45) is 12.8. The molecule has 0 aromatic heterocycles. The Hall–Kier alpha value is -1.12. The molecule has 1 atom stereocenters. The van der Waals surface area contributed by atoms with Gasteiger partial charge >= 0.3 is 0 Å². The van der Waals surface area contributed by atoms with Gasteiger partial charge in [0.15, 0.2) is 0 Å². The monoisotopic (exact) mass is 306 g/mol. The summed E-state index contributed by atoms with van der Waals surface area (Å²) in [6.45, 7) is 10.5. The highest BCUT2D eigenvalue weighted by Crippen LogP contribution is 2.13. The fourth-order valence-corrected chi connectivity index (χ4v) is 2.31. The van der Waals surface area contributed by atoms with E-state index in [1.54, 1.807) is 0 Å². The first-order valence-electron chi connectivity index (χ1n) is 8.26. The van der Waals surface area contributed by atoms with Crippen LogP contribution in [0.15, 0.2) is 46.6 Å². The van der Waals surface area contributed by atoms with Crippen molar-refractivity contribution in [3.63, 3.8) is 0 Å². The van der Waals surface area contributed by atoms with Crippen molar-refractivity contribution in [3.05, 3.63) is 46.6 Å². The first-order chi connectivity index (χ1) is 10.3. The maximum absolute atomic E-state index is 9.86. The van der Waals surface area contributed by atoms with Crippen LogP contribution in [0.25, 0.3) is 0 Å². The molecule has 0 aromatic rings. The molecule has 0 saturated carbocycles. The van der Waals surface area contributed by atoms with Gasteiger partial charge in [0.1, 0.15) is 0 Å². The van der Waals surface area contributed by atoms with Gasteiger partial charge in [-0.25, -0.2) is 0 Å². The molecule has 0 amide bonds. The van der Waals surface area contributed by atoms with Crippen LogP contribution in [-0.4, -0.2) is 22.9 Å². The van der Waals surface area contributed by atoms with Crippen LogP contribution in [0, 0.1) is 0 Å². The van der Waals surface area contributed by atoms with Gasteiger partial charge in [0, 0.05) is 0 Å². The van der Waals surface area contributed by atoms with E-state index >= 15 is 0 Å². The summed E-state index contributed by atoms with van der Waals surface area (Å²) in [5.74, 6) is 0. The van der Waals surface area contributed by atoms with Gasteiger partial charge in [0.2, 0.25) is 0 Å². The largest absolute Gasteiger partial charge is 0.392 e. The van der Waals surface area contributed by atoms with Crippen molar-refractivity contribution in [3.8, 4) is 0 Å². The van der Waals surface area contributed by atoms with E-state index in [4.69, 9.17) is 5.11 Å². The number of rotatable bonds is 10. The highest BCUT2D eigenvalue weighted by Gasteiger charge is 2.01. The molecule has 0 aromatic carbocycles. The number of aliphatic hydroxyl groups is 2. The summed E-state index contributed by atoms with van der Waals surface area (Å²) in [4.78, 5) is 0. The molecule has 0 aliphatic heterocycles. The average molecular weight is 306 g/mol. The molecule has 0 aliphatic rings. The molecule has 0 spiro atoms. The van der Waals surface area contributed by atoms with Crippen LogP contribution in [0.2, 0.25) is 0 Å². The van der Waals surface area contributed by atoms with Crippen LogP contribution < -0.4 is 0 Å². The summed E-state index contributed by atoms with van der Waals surface area (Å²) in [6, 6.07) is 0. The average Bonchev–Trinajstić information content (AvgIpc) is 2.37. The van der Waals surface area contributed by atoms with E-state index in [1.807, 2.05) is 26.0 Å². The summed E-state index contributed by atoms with van der Waals surface area (Å²) in [5, 5.41) is 18.7. The van der Waals surface area contributed by atoms with Crippen molar-refractivity contribution in [2.45, 2.75) is 72.8 Å². The standard InChI is InChI=1S/C20H34O2/c1-16(2)14-20(22)15-19(5)11-7-9-17(3)8-6-10-18(4)12-13-21/h8,11-12,14,20-22H,6-7,9-10,13,15H2,1-5H3. The third kappa shape index (κ3) is 12.6. The van der Waals surface area contributed by atoms with Gasteiger partial charge in [0.05, 0.1) is 12.7 Å². The Balaban J connectivity index is 4.08. The lowest BCUT2D eigenvalue weighted by Gasteiger charge is -2.07. The lowest BCUT2D eigenvalue weighted by Crippen LogP contribution is -2.03. The molecule has 0 radical (unpaired) electrons. The molecule has 1 unspecified atom stereocenters. The maximum atomic E-state index is 9.86. The van der Waals surface area contributed by atoms with Gasteiger partial charge in [-0.1, -0.05) is 46.6 Å². The second-order valence-electron chi connectivity index (χ2n) is 6.43. The van der Waals surface area contributed by atoms with E-state index in [1.165, 1.54) is 16.7 Å². The van der Waals surface area contributed by atoms with Gasteiger partial charge in [-0.2, -0.15) is 0 Å². The van der Waals surface area contributed by atoms with Crippen molar-refractivity contribution < 1.29 is 10.2 Å². The minimum atomic E-state index is -0.362. The maximum Gasteiger partial charge on any atom is 0.0760 e. The van der Waals surface area contributed by atoms with Crippen molar-refractivity contribution in [1.29, 1.82) is 0 Å². The molecule has 0 fully saturated rings. The summed E-state index contributed by atoms with van der Waals surface area (Å²) in [5.41, 5.74) is 5.06. The van der Waals surface area contributed by atoms with E-state index in [0.717, 1.165) is 37.7 Å². The second kappa shape index (κ2) is 12.4. The van der Waals surface area contributed by atoms with Gasteiger partial charge in [0.25, 0.3) is 0 Å². The number of aliphatic hydroxyl groups excluding tert-OH is 2. The molecule has 0 heterocycles. The normalized spacial score (nSPS) is 15.0. The van der Waals surface area contributed by atoms with Crippen LogP contribution in [0.3, 0.4) is 0 Å². The minimum absolute atomic E-state index is 0.136.